The second-order valence-corrected chi connectivity index (χ2v) is 6.32. The van der Waals surface area contributed by atoms with Gasteiger partial charge in [0.1, 0.15) is 0 Å². The van der Waals surface area contributed by atoms with Crippen molar-refractivity contribution in [1.82, 2.24) is 0 Å². The molecular weight excluding hydrogens is 384 g/mol. The number of nitrogens with one attached hydrogen (secondary N) is 1. The Kier molecular flexibility index (Phi) is 6.43. The Morgan fingerprint density at radius 1 is 1.20 bits per heavy atom. The summed E-state index contributed by atoms with van der Waals surface area (Å²) in [6, 6.07) is 11.0. The van der Waals surface area contributed by atoms with Crippen LogP contribution in [-0.2, 0) is 4.79 Å². The Morgan fingerprint density at radius 2 is 1.96 bits per heavy atom. The van der Waals surface area contributed by atoms with Crippen LogP contribution in [0.3, 0.4) is 0 Å². The van der Waals surface area contributed by atoms with Gasteiger partial charge in [0.05, 0.1) is 22.7 Å². The van der Waals surface area contributed by atoms with Crippen molar-refractivity contribution in [1.29, 1.82) is 5.26 Å². The first-order chi connectivity index (χ1) is 11.9. The molecule has 0 saturated carbocycles. The lowest BCUT2D eigenvalue weighted by atomic mass is 10.1. The predicted molar refractivity (Wildman–Crippen MR) is 100 cm³/mol. The Labute approximate surface area is 155 Å². The molecule has 0 fully saturated rings. The average Bonchev–Trinajstić information content (AvgIpc) is 2.57. The number of anilines is 1. The molecule has 0 heterocycles. The largest absolute Gasteiger partial charge is 0.490 e. The molecule has 0 radical (unpaired) electrons. The van der Waals surface area contributed by atoms with E-state index in [0.717, 1.165) is 16.8 Å². The summed E-state index contributed by atoms with van der Waals surface area (Å²) in [5.74, 6) is 0.547. The maximum atomic E-state index is 12.1. The topological polar surface area (TPSA) is 71.3 Å². The molecule has 5 nitrogen and oxygen atoms in total. The average molecular weight is 403 g/mol. The Morgan fingerprint density at radius 3 is 2.60 bits per heavy atom. The van der Waals surface area contributed by atoms with E-state index >= 15 is 0 Å². The van der Waals surface area contributed by atoms with Crippen LogP contribution in [0.15, 0.2) is 34.8 Å². The Hall–Kier alpha value is -2.52. The van der Waals surface area contributed by atoms with E-state index in [4.69, 9.17) is 14.7 Å². The number of nitriles is 1. The summed E-state index contributed by atoms with van der Waals surface area (Å²) >= 11 is 3.36. The molecule has 0 aromatic heterocycles. The quantitative estimate of drug-likeness (QED) is 0.778. The number of hydrogen-bond donors (Lipinski definition) is 1. The van der Waals surface area contributed by atoms with Gasteiger partial charge >= 0.3 is 0 Å². The SMILES string of the molecule is CCOc1cc(C#N)cc(Br)c1OCC(=O)Nc1ccc(C)c(C)c1. The lowest BCUT2D eigenvalue weighted by Gasteiger charge is -2.14. The number of rotatable bonds is 6. The van der Waals surface area contributed by atoms with Crippen molar-refractivity contribution in [2.45, 2.75) is 20.8 Å². The molecule has 130 valence electrons. The number of halogens is 1. The van der Waals surface area contributed by atoms with Gasteiger partial charge in [-0.25, -0.2) is 0 Å². The summed E-state index contributed by atoms with van der Waals surface area (Å²) in [4.78, 5) is 12.1. The smallest absolute Gasteiger partial charge is 0.262 e. The minimum Gasteiger partial charge on any atom is -0.490 e. The molecule has 1 N–H and O–H groups in total. The molecule has 2 aromatic carbocycles. The molecule has 2 rings (SSSR count). The van der Waals surface area contributed by atoms with Crippen LogP contribution in [0.2, 0.25) is 0 Å². The zero-order valence-corrected chi connectivity index (χ0v) is 15.9. The third-order valence-electron chi connectivity index (χ3n) is 3.58. The number of aryl methyl sites for hydroxylation is 2. The van der Waals surface area contributed by atoms with Crippen LogP contribution in [-0.4, -0.2) is 19.1 Å². The van der Waals surface area contributed by atoms with Crippen LogP contribution >= 0.6 is 15.9 Å². The van der Waals surface area contributed by atoms with Crippen molar-refractivity contribution < 1.29 is 14.3 Å². The summed E-state index contributed by atoms with van der Waals surface area (Å²) in [5, 5.41) is 11.8. The number of carbonyl (C=O) groups is 1. The fraction of sp³-hybridized carbons (Fsp3) is 0.263. The van der Waals surface area contributed by atoms with Crippen molar-refractivity contribution in [3.05, 3.63) is 51.5 Å². The number of benzene rings is 2. The van der Waals surface area contributed by atoms with Crippen LogP contribution in [0.5, 0.6) is 11.5 Å². The summed E-state index contributed by atoms with van der Waals surface area (Å²) < 4.78 is 11.7. The van der Waals surface area contributed by atoms with Gasteiger partial charge in [0.15, 0.2) is 18.1 Å². The van der Waals surface area contributed by atoms with Crippen LogP contribution in [0.25, 0.3) is 0 Å². The molecule has 0 spiro atoms. The number of nitrogens with zero attached hydrogens (tertiary/aromatic N) is 1. The molecule has 25 heavy (non-hydrogen) atoms. The van der Waals surface area contributed by atoms with E-state index in [1.165, 1.54) is 0 Å². The summed E-state index contributed by atoms with van der Waals surface area (Å²) in [6.45, 7) is 6.10. The highest BCUT2D eigenvalue weighted by molar-refractivity contribution is 9.10. The van der Waals surface area contributed by atoms with E-state index in [2.05, 4.69) is 27.3 Å². The van der Waals surface area contributed by atoms with Crippen molar-refractivity contribution in [3.63, 3.8) is 0 Å². The summed E-state index contributed by atoms with van der Waals surface area (Å²) in [6.07, 6.45) is 0. The molecular formula is C19H19BrN2O3. The zero-order chi connectivity index (χ0) is 18.4. The van der Waals surface area contributed by atoms with Gasteiger partial charge in [0, 0.05) is 11.8 Å². The second kappa shape index (κ2) is 8.54. The van der Waals surface area contributed by atoms with Crippen molar-refractivity contribution >= 4 is 27.5 Å². The minimum atomic E-state index is -0.276. The van der Waals surface area contributed by atoms with Crippen LogP contribution in [0, 0.1) is 25.2 Å². The van der Waals surface area contributed by atoms with Crippen LogP contribution in [0.1, 0.15) is 23.6 Å². The van der Waals surface area contributed by atoms with Gasteiger partial charge in [-0.05, 0) is 66.0 Å². The van der Waals surface area contributed by atoms with Gasteiger partial charge in [-0.15, -0.1) is 0 Å². The van der Waals surface area contributed by atoms with E-state index in [0.29, 0.717) is 28.1 Å². The maximum absolute atomic E-state index is 12.1. The van der Waals surface area contributed by atoms with E-state index in [1.54, 1.807) is 12.1 Å². The maximum Gasteiger partial charge on any atom is 0.262 e. The van der Waals surface area contributed by atoms with Gasteiger partial charge in [0.25, 0.3) is 5.91 Å². The number of amides is 1. The summed E-state index contributed by atoms with van der Waals surface area (Å²) in [7, 11) is 0. The molecule has 0 aliphatic heterocycles. The highest BCUT2D eigenvalue weighted by atomic mass is 79.9. The number of carbonyl (C=O) groups excluding carboxylic acids is 1. The lowest BCUT2D eigenvalue weighted by molar-refractivity contribution is -0.118. The van der Waals surface area contributed by atoms with Crippen molar-refractivity contribution in [2.24, 2.45) is 0 Å². The highest BCUT2D eigenvalue weighted by Crippen LogP contribution is 2.36. The van der Waals surface area contributed by atoms with Gasteiger partial charge in [-0.2, -0.15) is 5.26 Å². The first-order valence-corrected chi connectivity index (χ1v) is 8.60. The van der Waals surface area contributed by atoms with Crippen molar-refractivity contribution in [2.75, 3.05) is 18.5 Å². The fourth-order valence-electron chi connectivity index (χ4n) is 2.19. The van der Waals surface area contributed by atoms with E-state index in [1.807, 2.05) is 39.0 Å². The lowest BCUT2D eigenvalue weighted by Crippen LogP contribution is -2.20. The van der Waals surface area contributed by atoms with E-state index < -0.39 is 0 Å². The Balaban J connectivity index is 2.08. The Bertz CT molecular complexity index is 828. The molecule has 6 heteroatoms. The molecule has 0 atom stereocenters. The second-order valence-electron chi connectivity index (χ2n) is 5.47. The highest BCUT2D eigenvalue weighted by Gasteiger charge is 2.14. The van der Waals surface area contributed by atoms with Gasteiger partial charge in [-0.3, -0.25) is 4.79 Å². The standard InChI is InChI=1S/C19H19BrN2O3/c1-4-24-17-9-14(10-21)8-16(20)19(17)25-11-18(23)22-15-6-5-12(2)13(3)7-15/h5-9H,4,11H2,1-3H3,(H,22,23). The summed E-state index contributed by atoms with van der Waals surface area (Å²) in [5.41, 5.74) is 3.44. The molecule has 0 saturated heterocycles. The van der Waals surface area contributed by atoms with E-state index in [-0.39, 0.29) is 12.5 Å². The molecule has 0 aliphatic rings. The normalized spacial score (nSPS) is 10.0. The monoisotopic (exact) mass is 402 g/mol. The zero-order valence-electron chi connectivity index (χ0n) is 14.4. The van der Waals surface area contributed by atoms with Crippen molar-refractivity contribution in [3.8, 4) is 17.6 Å². The minimum absolute atomic E-state index is 0.169. The molecule has 0 bridgehead atoms. The molecule has 0 aliphatic carbocycles. The third-order valence-corrected chi connectivity index (χ3v) is 4.17. The molecule has 0 unspecified atom stereocenters. The molecule has 1 amide bonds. The predicted octanol–water partition coefficient (Wildman–Crippen LogP) is 4.35. The van der Waals surface area contributed by atoms with Crippen LogP contribution in [0.4, 0.5) is 5.69 Å². The van der Waals surface area contributed by atoms with Gasteiger partial charge < -0.3 is 14.8 Å². The van der Waals surface area contributed by atoms with E-state index in [9.17, 15) is 4.79 Å². The van der Waals surface area contributed by atoms with Gasteiger partial charge in [-0.1, -0.05) is 6.07 Å². The number of ether oxygens (including phenoxy) is 2. The first-order valence-electron chi connectivity index (χ1n) is 7.81. The first kappa shape index (κ1) is 18.8. The molecule has 2 aromatic rings. The van der Waals surface area contributed by atoms with Crippen LogP contribution < -0.4 is 14.8 Å². The van der Waals surface area contributed by atoms with Gasteiger partial charge in [0.2, 0.25) is 0 Å². The third kappa shape index (κ3) is 4.97. The number of hydrogen-bond acceptors (Lipinski definition) is 4. The fourth-order valence-corrected chi connectivity index (χ4v) is 2.75.